The number of hydrogen-bond acceptors (Lipinski definition) is 3. The fraction of sp³-hybridized carbons (Fsp3) is 0.556. The first-order valence-electron chi connectivity index (χ1n) is 8.62. The second-order valence-electron chi connectivity index (χ2n) is 7.14. The molecule has 3 fully saturated rings. The van der Waals surface area contributed by atoms with Crippen molar-refractivity contribution in [3.8, 4) is 0 Å². The molecule has 4 heterocycles. The minimum absolute atomic E-state index is 0.0170. The highest BCUT2D eigenvalue weighted by molar-refractivity contribution is 6.05. The van der Waals surface area contributed by atoms with Crippen LogP contribution in [0.2, 0.25) is 0 Å². The summed E-state index contributed by atoms with van der Waals surface area (Å²) in [6.07, 6.45) is 4.24. The average molecular weight is 312 g/mol. The van der Waals surface area contributed by atoms with E-state index < -0.39 is 0 Å². The number of imidazole rings is 1. The number of rotatable bonds is 3. The Hall–Kier alpha value is -1.88. The van der Waals surface area contributed by atoms with Crippen molar-refractivity contribution in [3.63, 3.8) is 0 Å². The van der Waals surface area contributed by atoms with Crippen molar-refractivity contribution in [1.29, 1.82) is 0 Å². The predicted molar refractivity (Wildman–Crippen MR) is 90.5 cm³/mol. The van der Waals surface area contributed by atoms with E-state index in [0.29, 0.717) is 17.5 Å². The number of amides is 1. The number of nitrogens with zero attached hydrogens (tertiary/aromatic N) is 3. The third-order valence-electron chi connectivity index (χ3n) is 5.38. The van der Waals surface area contributed by atoms with Gasteiger partial charge in [-0.15, -0.1) is 0 Å². The van der Waals surface area contributed by atoms with Gasteiger partial charge < -0.3 is 14.8 Å². The molecular formula is C18H24N4O. The van der Waals surface area contributed by atoms with Gasteiger partial charge in [0.15, 0.2) is 0 Å². The summed E-state index contributed by atoms with van der Waals surface area (Å²) >= 11 is 0. The first kappa shape index (κ1) is 14.7. The van der Waals surface area contributed by atoms with Crippen LogP contribution in [-0.2, 0) is 0 Å². The largest absolute Gasteiger partial charge is 0.348 e. The number of carbonyl (C=O) groups excluding carboxylic acids is 1. The number of piperidine rings is 3. The van der Waals surface area contributed by atoms with Crippen LogP contribution in [0.15, 0.2) is 24.5 Å². The third kappa shape index (κ3) is 2.53. The Labute approximate surface area is 136 Å². The van der Waals surface area contributed by atoms with Gasteiger partial charge in [0.05, 0.1) is 17.4 Å². The standard InChI is InChI=1S/C18H24N4O/c1-12(2)22-11-19-17-14(4-3-5-16(17)22)18(23)20-15-10-21-8-6-13(15)7-9-21/h3-5,11-13,15H,6-10H2,1-2H3,(H,20,23). The van der Waals surface area contributed by atoms with Gasteiger partial charge in [-0.05, 0) is 57.8 Å². The highest BCUT2D eigenvalue weighted by Crippen LogP contribution is 2.28. The van der Waals surface area contributed by atoms with Gasteiger partial charge in [0.25, 0.3) is 5.91 Å². The van der Waals surface area contributed by atoms with Crippen LogP contribution >= 0.6 is 0 Å². The molecule has 3 aliphatic heterocycles. The lowest BCUT2D eigenvalue weighted by molar-refractivity contribution is 0.0621. The molecule has 5 heteroatoms. The molecule has 0 radical (unpaired) electrons. The quantitative estimate of drug-likeness (QED) is 0.947. The van der Waals surface area contributed by atoms with E-state index in [1.807, 2.05) is 24.5 Å². The highest BCUT2D eigenvalue weighted by atomic mass is 16.1. The van der Waals surface area contributed by atoms with Crippen LogP contribution in [0.5, 0.6) is 0 Å². The maximum Gasteiger partial charge on any atom is 0.253 e. The summed E-state index contributed by atoms with van der Waals surface area (Å²) in [6.45, 7) is 7.62. The third-order valence-corrected chi connectivity index (χ3v) is 5.38. The fourth-order valence-corrected chi connectivity index (χ4v) is 4.03. The molecule has 1 atom stereocenters. The van der Waals surface area contributed by atoms with E-state index >= 15 is 0 Å². The summed E-state index contributed by atoms with van der Waals surface area (Å²) in [5.74, 6) is 0.653. The number of nitrogens with one attached hydrogen (secondary N) is 1. The monoisotopic (exact) mass is 312 g/mol. The van der Waals surface area contributed by atoms with E-state index in [0.717, 1.165) is 17.6 Å². The lowest BCUT2D eigenvalue weighted by Crippen LogP contribution is -2.57. The second-order valence-corrected chi connectivity index (χ2v) is 7.14. The smallest absolute Gasteiger partial charge is 0.253 e. The highest BCUT2D eigenvalue weighted by Gasteiger charge is 2.35. The van der Waals surface area contributed by atoms with Gasteiger partial charge in [0.1, 0.15) is 5.52 Å². The molecule has 1 aromatic heterocycles. The van der Waals surface area contributed by atoms with Crippen LogP contribution in [0.25, 0.3) is 11.0 Å². The number of carbonyl (C=O) groups is 1. The Morgan fingerprint density at radius 1 is 1.30 bits per heavy atom. The second kappa shape index (κ2) is 5.64. The van der Waals surface area contributed by atoms with Gasteiger partial charge in [-0.2, -0.15) is 0 Å². The summed E-state index contributed by atoms with van der Waals surface area (Å²) in [5.41, 5.74) is 2.53. The Kier molecular flexibility index (Phi) is 3.60. The van der Waals surface area contributed by atoms with Crippen molar-refractivity contribution in [2.45, 2.75) is 38.8 Å². The lowest BCUT2D eigenvalue weighted by Gasteiger charge is -2.44. The lowest BCUT2D eigenvalue weighted by atomic mass is 9.84. The number of hydrogen-bond donors (Lipinski definition) is 1. The van der Waals surface area contributed by atoms with E-state index in [1.165, 1.54) is 25.9 Å². The summed E-state index contributed by atoms with van der Waals surface area (Å²) in [4.78, 5) is 19.8. The molecule has 122 valence electrons. The zero-order chi connectivity index (χ0) is 16.0. The maximum atomic E-state index is 12.8. The zero-order valence-electron chi connectivity index (χ0n) is 13.8. The molecule has 5 nitrogen and oxygen atoms in total. The molecule has 0 aliphatic carbocycles. The summed E-state index contributed by atoms with van der Waals surface area (Å²) < 4.78 is 2.11. The van der Waals surface area contributed by atoms with E-state index in [2.05, 4.69) is 33.6 Å². The summed E-state index contributed by atoms with van der Waals surface area (Å²) in [5, 5.41) is 3.27. The van der Waals surface area contributed by atoms with Crippen molar-refractivity contribution in [1.82, 2.24) is 19.8 Å². The van der Waals surface area contributed by atoms with E-state index in [1.54, 1.807) is 0 Å². The van der Waals surface area contributed by atoms with Gasteiger partial charge in [0.2, 0.25) is 0 Å². The van der Waals surface area contributed by atoms with Crippen LogP contribution in [0.4, 0.5) is 0 Å². The van der Waals surface area contributed by atoms with E-state index in [9.17, 15) is 4.79 Å². The van der Waals surface area contributed by atoms with Gasteiger partial charge in [-0.25, -0.2) is 4.98 Å². The maximum absolute atomic E-state index is 12.8. The van der Waals surface area contributed by atoms with Crippen LogP contribution in [0.3, 0.4) is 0 Å². The molecule has 5 rings (SSSR count). The molecule has 3 saturated heterocycles. The Morgan fingerprint density at radius 2 is 2.09 bits per heavy atom. The fourth-order valence-electron chi connectivity index (χ4n) is 4.03. The number of benzene rings is 1. The van der Waals surface area contributed by atoms with Crippen LogP contribution in [-0.4, -0.2) is 46.0 Å². The summed E-state index contributed by atoms with van der Waals surface area (Å²) in [7, 11) is 0. The van der Waals surface area contributed by atoms with Crippen molar-refractivity contribution in [2.24, 2.45) is 5.92 Å². The zero-order valence-corrected chi connectivity index (χ0v) is 13.8. The minimum atomic E-state index is 0.0170. The van der Waals surface area contributed by atoms with Gasteiger partial charge in [0, 0.05) is 18.6 Å². The number of fused-ring (bicyclic) bond motifs is 4. The molecule has 2 aromatic rings. The van der Waals surface area contributed by atoms with Crippen molar-refractivity contribution < 1.29 is 4.79 Å². The number of aromatic nitrogens is 2. The van der Waals surface area contributed by atoms with Crippen LogP contribution in [0, 0.1) is 5.92 Å². The Balaban J connectivity index is 1.60. The SMILES string of the molecule is CC(C)n1cnc2c(C(=O)NC3CN4CCC3CC4)cccc21. The molecular weight excluding hydrogens is 288 g/mol. The molecule has 2 bridgehead atoms. The Bertz CT molecular complexity index is 728. The van der Waals surface area contributed by atoms with Crippen LogP contribution < -0.4 is 5.32 Å². The average Bonchev–Trinajstić information content (AvgIpc) is 3.00. The van der Waals surface area contributed by atoms with Crippen LogP contribution in [0.1, 0.15) is 43.1 Å². The van der Waals surface area contributed by atoms with Crippen molar-refractivity contribution in [3.05, 3.63) is 30.1 Å². The predicted octanol–water partition coefficient (Wildman–Crippen LogP) is 2.44. The number of para-hydroxylation sites is 1. The molecule has 1 unspecified atom stereocenters. The normalized spacial score (nSPS) is 26.8. The van der Waals surface area contributed by atoms with Gasteiger partial charge in [-0.3, -0.25) is 4.79 Å². The van der Waals surface area contributed by atoms with E-state index in [4.69, 9.17) is 0 Å². The molecule has 1 N–H and O–H groups in total. The summed E-state index contributed by atoms with van der Waals surface area (Å²) in [6, 6.07) is 6.49. The molecule has 1 amide bonds. The van der Waals surface area contributed by atoms with Gasteiger partial charge in [-0.1, -0.05) is 6.07 Å². The molecule has 3 aliphatic rings. The first-order valence-corrected chi connectivity index (χ1v) is 8.62. The Morgan fingerprint density at radius 3 is 2.74 bits per heavy atom. The van der Waals surface area contributed by atoms with Crippen molar-refractivity contribution >= 4 is 16.9 Å². The molecule has 23 heavy (non-hydrogen) atoms. The van der Waals surface area contributed by atoms with E-state index in [-0.39, 0.29) is 11.9 Å². The molecule has 1 aromatic carbocycles. The molecule has 0 saturated carbocycles. The van der Waals surface area contributed by atoms with Crippen molar-refractivity contribution in [2.75, 3.05) is 19.6 Å². The first-order chi connectivity index (χ1) is 11.1. The molecule has 0 spiro atoms. The minimum Gasteiger partial charge on any atom is -0.348 e. The van der Waals surface area contributed by atoms with Gasteiger partial charge >= 0.3 is 0 Å². The topological polar surface area (TPSA) is 50.2 Å².